The van der Waals surface area contributed by atoms with Crippen LogP contribution in [0.1, 0.15) is 67.9 Å². The van der Waals surface area contributed by atoms with Gasteiger partial charge in [0.05, 0.1) is 0 Å². The molecule has 0 aromatic heterocycles. The number of amides is 1. The predicted molar refractivity (Wildman–Crippen MR) is 153 cm³/mol. The number of dihydropyridines is 1. The standard InChI is InChI=1S/C31H44N4O3/c1-6-35(26-11-15-38-16-12-26)29-19-25(8-7-24-9-13-34(5)14-10-24)18-27(23(29)4)30(36)32-20-28-21(2)17-22(3)33-31(28)37/h17-19,24,26,31,33,37H,6,9-16,20H2,1-5H3,(H,32,36). The molecule has 7 heteroatoms. The smallest absolute Gasteiger partial charge is 0.251 e. The van der Waals surface area contributed by atoms with Gasteiger partial charge in [-0.1, -0.05) is 11.8 Å². The number of hydrogen-bond donors (Lipinski definition) is 3. The molecule has 1 atom stereocenters. The number of rotatable bonds is 6. The van der Waals surface area contributed by atoms with Crippen LogP contribution in [-0.2, 0) is 4.74 Å². The summed E-state index contributed by atoms with van der Waals surface area (Å²) in [6, 6.07) is 4.49. The lowest BCUT2D eigenvalue weighted by Gasteiger charge is -2.36. The molecule has 0 bridgehead atoms. The van der Waals surface area contributed by atoms with Crippen LogP contribution in [0, 0.1) is 24.7 Å². The Balaban J connectivity index is 1.64. The van der Waals surface area contributed by atoms with Crippen molar-refractivity contribution in [2.24, 2.45) is 5.92 Å². The van der Waals surface area contributed by atoms with Crippen molar-refractivity contribution in [3.63, 3.8) is 0 Å². The van der Waals surface area contributed by atoms with Crippen LogP contribution in [0.3, 0.4) is 0 Å². The second-order valence-corrected chi connectivity index (χ2v) is 10.9. The highest BCUT2D eigenvalue weighted by atomic mass is 16.5. The van der Waals surface area contributed by atoms with Gasteiger partial charge in [0.15, 0.2) is 0 Å². The number of benzene rings is 1. The fourth-order valence-corrected chi connectivity index (χ4v) is 5.75. The SMILES string of the molecule is CCN(c1cc(C#CC2CCN(C)CC2)cc(C(=O)NCC2=C(C)C=C(C)NC2O)c1C)C1CCOCC1. The van der Waals surface area contributed by atoms with Crippen LogP contribution in [0.5, 0.6) is 0 Å². The molecule has 3 aliphatic rings. The molecule has 0 aliphatic carbocycles. The molecule has 2 fully saturated rings. The lowest BCUT2D eigenvalue weighted by Crippen LogP contribution is -2.40. The summed E-state index contributed by atoms with van der Waals surface area (Å²) < 4.78 is 5.62. The van der Waals surface area contributed by atoms with Crippen LogP contribution in [0.2, 0.25) is 0 Å². The minimum absolute atomic E-state index is 0.145. The van der Waals surface area contributed by atoms with Gasteiger partial charge in [0.2, 0.25) is 0 Å². The van der Waals surface area contributed by atoms with Crippen LogP contribution < -0.4 is 15.5 Å². The first kappa shape index (κ1) is 28.2. The maximum absolute atomic E-state index is 13.6. The Morgan fingerprint density at radius 2 is 1.89 bits per heavy atom. The largest absolute Gasteiger partial charge is 0.381 e. The Morgan fingerprint density at radius 3 is 2.55 bits per heavy atom. The lowest BCUT2D eigenvalue weighted by atomic mass is 9.95. The molecule has 1 aromatic carbocycles. The number of hydrogen-bond acceptors (Lipinski definition) is 6. The van der Waals surface area contributed by atoms with E-state index >= 15 is 0 Å². The summed E-state index contributed by atoms with van der Waals surface area (Å²) in [5.74, 6) is 7.18. The van der Waals surface area contributed by atoms with Crippen LogP contribution in [0.4, 0.5) is 5.69 Å². The number of likely N-dealkylation sites (tertiary alicyclic amines) is 1. The highest BCUT2D eigenvalue weighted by Crippen LogP contribution is 2.30. The van der Waals surface area contributed by atoms with Crippen molar-refractivity contribution in [1.29, 1.82) is 0 Å². The third-order valence-corrected chi connectivity index (χ3v) is 8.12. The minimum atomic E-state index is -0.798. The molecular weight excluding hydrogens is 476 g/mol. The van der Waals surface area contributed by atoms with E-state index in [0.717, 1.165) is 92.2 Å². The molecule has 3 aliphatic heterocycles. The molecule has 38 heavy (non-hydrogen) atoms. The summed E-state index contributed by atoms with van der Waals surface area (Å²) in [6.45, 7) is 12.9. The Bertz CT molecular complexity index is 1130. The molecule has 0 radical (unpaired) electrons. The van der Waals surface area contributed by atoms with Gasteiger partial charge >= 0.3 is 0 Å². The average Bonchev–Trinajstić information content (AvgIpc) is 2.90. The van der Waals surface area contributed by atoms with Gasteiger partial charge < -0.3 is 30.3 Å². The number of aliphatic hydroxyl groups is 1. The molecule has 0 spiro atoms. The van der Waals surface area contributed by atoms with Gasteiger partial charge in [-0.3, -0.25) is 4.79 Å². The molecule has 7 nitrogen and oxygen atoms in total. The fourth-order valence-electron chi connectivity index (χ4n) is 5.75. The number of piperidine rings is 1. The second kappa shape index (κ2) is 12.8. The van der Waals surface area contributed by atoms with E-state index in [2.05, 4.69) is 52.3 Å². The highest BCUT2D eigenvalue weighted by Gasteiger charge is 2.25. The molecule has 1 aromatic rings. The summed E-state index contributed by atoms with van der Waals surface area (Å²) in [5.41, 5.74) is 6.22. The van der Waals surface area contributed by atoms with Crippen molar-refractivity contribution in [2.75, 3.05) is 51.3 Å². The number of nitrogens with zero attached hydrogens (tertiary/aromatic N) is 2. The highest BCUT2D eigenvalue weighted by molar-refractivity contribution is 5.98. The van der Waals surface area contributed by atoms with Crippen molar-refractivity contribution >= 4 is 11.6 Å². The number of carbonyl (C=O) groups excluding carboxylic acids is 1. The van der Waals surface area contributed by atoms with Crippen LogP contribution >= 0.6 is 0 Å². The van der Waals surface area contributed by atoms with Crippen molar-refractivity contribution in [2.45, 2.75) is 65.6 Å². The maximum Gasteiger partial charge on any atom is 0.251 e. The van der Waals surface area contributed by atoms with Gasteiger partial charge in [0, 0.05) is 66.3 Å². The zero-order chi connectivity index (χ0) is 27.2. The van der Waals surface area contributed by atoms with Crippen molar-refractivity contribution < 1.29 is 14.6 Å². The van der Waals surface area contributed by atoms with Gasteiger partial charge in [-0.2, -0.15) is 0 Å². The number of allylic oxidation sites excluding steroid dienone is 3. The van der Waals surface area contributed by atoms with E-state index in [-0.39, 0.29) is 12.5 Å². The normalized spacial score (nSPS) is 21.3. The zero-order valence-corrected chi connectivity index (χ0v) is 23.7. The molecule has 1 unspecified atom stereocenters. The van der Waals surface area contributed by atoms with E-state index in [1.54, 1.807) is 0 Å². The Hall–Kier alpha value is -2.79. The summed E-state index contributed by atoms with van der Waals surface area (Å²) in [4.78, 5) is 18.3. The topological polar surface area (TPSA) is 77.1 Å². The zero-order valence-electron chi connectivity index (χ0n) is 23.7. The molecule has 1 amide bonds. The number of aliphatic hydroxyl groups excluding tert-OH is 1. The van der Waals surface area contributed by atoms with E-state index in [9.17, 15) is 9.90 Å². The van der Waals surface area contributed by atoms with Gasteiger partial charge in [0.1, 0.15) is 6.23 Å². The van der Waals surface area contributed by atoms with Gasteiger partial charge in [0.25, 0.3) is 5.91 Å². The average molecular weight is 521 g/mol. The molecule has 206 valence electrons. The summed E-state index contributed by atoms with van der Waals surface area (Å²) in [6.07, 6.45) is 5.31. The van der Waals surface area contributed by atoms with Gasteiger partial charge in [-0.15, -0.1) is 0 Å². The quantitative estimate of drug-likeness (QED) is 0.498. The van der Waals surface area contributed by atoms with Crippen LogP contribution in [0.15, 0.2) is 35.1 Å². The first-order chi connectivity index (χ1) is 18.3. The molecule has 4 rings (SSSR count). The third-order valence-electron chi connectivity index (χ3n) is 8.12. The number of ether oxygens (including phenoxy) is 1. The summed E-state index contributed by atoms with van der Waals surface area (Å²) >= 11 is 0. The molecule has 2 saturated heterocycles. The van der Waals surface area contributed by atoms with Gasteiger partial charge in [-0.25, -0.2) is 0 Å². The fraction of sp³-hybridized carbons (Fsp3) is 0.581. The summed E-state index contributed by atoms with van der Waals surface area (Å²) in [7, 11) is 2.16. The van der Waals surface area contributed by atoms with Crippen molar-refractivity contribution in [3.8, 4) is 11.8 Å². The van der Waals surface area contributed by atoms with E-state index in [0.29, 0.717) is 17.5 Å². The van der Waals surface area contributed by atoms with E-state index in [1.807, 2.05) is 32.9 Å². The predicted octanol–water partition coefficient (Wildman–Crippen LogP) is 3.57. The first-order valence-corrected chi connectivity index (χ1v) is 14.1. The number of nitrogens with one attached hydrogen (secondary N) is 2. The number of carbonyl (C=O) groups is 1. The van der Waals surface area contributed by atoms with E-state index in [1.165, 1.54) is 0 Å². The van der Waals surface area contributed by atoms with E-state index < -0.39 is 6.23 Å². The van der Waals surface area contributed by atoms with Crippen LogP contribution in [0.25, 0.3) is 0 Å². The lowest BCUT2D eigenvalue weighted by molar-refractivity contribution is 0.0845. The summed E-state index contributed by atoms with van der Waals surface area (Å²) in [5, 5.41) is 16.6. The molecule has 0 saturated carbocycles. The Kier molecular flexibility index (Phi) is 9.54. The van der Waals surface area contributed by atoms with Crippen molar-refractivity contribution in [3.05, 3.63) is 51.7 Å². The maximum atomic E-state index is 13.6. The monoisotopic (exact) mass is 520 g/mol. The Morgan fingerprint density at radius 1 is 1.18 bits per heavy atom. The van der Waals surface area contributed by atoms with Crippen LogP contribution in [-0.4, -0.2) is 74.6 Å². The minimum Gasteiger partial charge on any atom is -0.381 e. The van der Waals surface area contributed by atoms with Crippen molar-refractivity contribution in [1.82, 2.24) is 15.5 Å². The second-order valence-electron chi connectivity index (χ2n) is 10.9. The third kappa shape index (κ3) is 6.79. The molecular formula is C31H44N4O3. The molecule has 3 N–H and O–H groups in total. The first-order valence-electron chi connectivity index (χ1n) is 14.1. The molecule has 3 heterocycles. The number of anilines is 1. The van der Waals surface area contributed by atoms with E-state index in [4.69, 9.17) is 4.74 Å². The Labute approximate surface area is 228 Å². The van der Waals surface area contributed by atoms with Gasteiger partial charge in [-0.05, 0) is 103 Å².